The molecule has 4 rings (SSSR count). The fraction of sp³-hybridized carbons (Fsp3) is 0.226. The molecule has 0 saturated heterocycles. The van der Waals surface area contributed by atoms with E-state index in [0.29, 0.717) is 29.0 Å². The standard InChI is InChI=1S/C31H29F3/c1-3-5-6-7-25-16-19-28(31(34)30(25)33)24-14-12-22(13-15-24)26-17-18-27(29(32)20-26)23-10-8-21(4-2)9-11-23/h4-6,10,12-21H,2-3,7-9,11H2,1H3/b6-5-. The molecule has 1 aliphatic rings. The van der Waals surface area contributed by atoms with Crippen molar-refractivity contribution in [2.75, 3.05) is 0 Å². The quantitative estimate of drug-likeness (QED) is 0.309. The van der Waals surface area contributed by atoms with E-state index in [0.717, 1.165) is 42.4 Å². The first-order valence-electron chi connectivity index (χ1n) is 11.9. The lowest BCUT2D eigenvalue weighted by Crippen LogP contribution is -2.03. The minimum atomic E-state index is -0.843. The summed E-state index contributed by atoms with van der Waals surface area (Å²) >= 11 is 0. The number of halogens is 3. The van der Waals surface area contributed by atoms with Crippen molar-refractivity contribution >= 4 is 5.57 Å². The highest BCUT2D eigenvalue weighted by Crippen LogP contribution is 2.34. The third-order valence-electron chi connectivity index (χ3n) is 6.53. The number of hydrogen-bond acceptors (Lipinski definition) is 0. The topological polar surface area (TPSA) is 0 Å². The second-order valence-corrected chi connectivity index (χ2v) is 8.76. The molecule has 0 saturated carbocycles. The third-order valence-corrected chi connectivity index (χ3v) is 6.53. The van der Waals surface area contributed by atoms with E-state index < -0.39 is 11.6 Å². The Morgan fingerprint density at radius 1 is 0.853 bits per heavy atom. The number of rotatable bonds is 7. The van der Waals surface area contributed by atoms with Crippen LogP contribution in [0.15, 0.2) is 85.5 Å². The second kappa shape index (κ2) is 10.7. The van der Waals surface area contributed by atoms with Gasteiger partial charge >= 0.3 is 0 Å². The van der Waals surface area contributed by atoms with E-state index in [-0.39, 0.29) is 11.4 Å². The SMILES string of the molecule is C=CC1CC=C(c2ccc(-c3ccc(-c4ccc(C/C=C\CC)c(F)c4F)cc3)cc2F)CC1. The smallest absolute Gasteiger partial charge is 0.166 e. The Bertz CT molecular complexity index is 1230. The van der Waals surface area contributed by atoms with Gasteiger partial charge in [-0.25, -0.2) is 13.2 Å². The van der Waals surface area contributed by atoms with Crippen LogP contribution in [0.4, 0.5) is 13.2 Å². The van der Waals surface area contributed by atoms with Gasteiger partial charge in [0.05, 0.1) is 0 Å². The Morgan fingerprint density at radius 3 is 2.21 bits per heavy atom. The van der Waals surface area contributed by atoms with Crippen LogP contribution < -0.4 is 0 Å². The molecule has 174 valence electrons. The Hall–Kier alpha value is -3.33. The van der Waals surface area contributed by atoms with Crippen molar-refractivity contribution in [3.05, 3.63) is 114 Å². The number of allylic oxidation sites excluding steroid dienone is 5. The lowest BCUT2D eigenvalue weighted by molar-refractivity contribution is 0.503. The lowest BCUT2D eigenvalue weighted by atomic mass is 9.86. The zero-order valence-corrected chi connectivity index (χ0v) is 19.5. The van der Waals surface area contributed by atoms with E-state index >= 15 is 0 Å². The van der Waals surface area contributed by atoms with Gasteiger partial charge in [-0.05, 0) is 71.9 Å². The van der Waals surface area contributed by atoms with E-state index in [1.165, 1.54) is 0 Å². The van der Waals surface area contributed by atoms with Crippen molar-refractivity contribution in [1.82, 2.24) is 0 Å². The largest absolute Gasteiger partial charge is 0.206 e. The van der Waals surface area contributed by atoms with Crippen LogP contribution >= 0.6 is 0 Å². The molecule has 0 nitrogen and oxygen atoms in total. The first-order valence-corrected chi connectivity index (χ1v) is 11.9. The molecule has 0 N–H and O–H groups in total. The van der Waals surface area contributed by atoms with E-state index in [2.05, 4.69) is 12.7 Å². The minimum absolute atomic E-state index is 0.218. The average molecular weight is 459 g/mol. The number of benzene rings is 3. The molecule has 3 aromatic carbocycles. The van der Waals surface area contributed by atoms with Crippen LogP contribution in [0.2, 0.25) is 0 Å². The van der Waals surface area contributed by atoms with Crippen LogP contribution in [0.1, 0.15) is 43.7 Å². The molecule has 0 amide bonds. The van der Waals surface area contributed by atoms with Crippen LogP contribution in [0.5, 0.6) is 0 Å². The molecule has 0 spiro atoms. The van der Waals surface area contributed by atoms with Gasteiger partial charge in [-0.3, -0.25) is 0 Å². The van der Waals surface area contributed by atoms with Crippen molar-refractivity contribution in [1.29, 1.82) is 0 Å². The normalized spacial score (nSPS) is 16.0. The fourth-order valence-corrected chi connectivity index (χ4v) is 4.46. The molecule has 0 fully saturated rings. The van der Waals surface area contributed by atoms with Crippen LogP contribution in [0.25, 0.3) is 27.8 Å². The van der Waals surface area contributed by atoms with Crippen LogP contribution in [0, 0.1) is 23.4 Å². The maximum Gasteiger partial charge on any atom is 0.166 e. The summed E-state index contributed by atoms with van der Waals surface area (Å²) in [7, 11) is 0. The zero-order chi connectivity index (χ0) is 24.1. The van der Waals surface area contributed by atoms with Crippen molar-refractivity contribution in [2.24, 2.45) is 5.92 Å². The summed E-state index contributed by atoms with van der Waals surface area (Å²) in [6.07, 6.45) is 11.8. The molecule has 0 heterocycles. The highest BCUT2D eigenvalue weighted by atomic mass is 19.2. The summed E-state index contributed by atoms with van der Waals surface area (Å²) in [6.45, 7) is 5.85. The van der Waals surface area contributed by atoms with Gasteiger partial charge in [0.2, 0.25) is 0 Å². The molecule has 34 heavy (non-hydrogen) atoms. The number of hydrogen-bond donors (Lipinski definition) is 0. The maximum atomic E-state index is 14.9. The van der Waals surface area contributed by atoms with Gasteiger partial charge in [-0.1, -0.05) is 79.8 Å². The van der Waals surface area contributed by atoms with Crippen molar-refractivity contribution in [3.63, 3.8) is 0 Å². The molecule has 0 aliphatic heterocycles. The van der Waals surface area contributed by atoms with E-state index in [1.807, 2.05) is 49.4 Å². The van der Waals surface area contributed by atoms with Crippen LogP contribution in [-0.4, -0.2) is 0 Å². The maximum absolute atomic E-state index is 14.9. The molecule has 0 aromatic heterocycles. The summed E-state index contributed by atoms with van der Waals surface area (Å²) in [6, 6.07) is 15.7. The van der Waals surface area contributed by atoms with Crippen molar-refractivity contribution in [3.8, 4) is 22.3 Å². The van der Waals surface area contributed by atoms with Gasteiger partial charge in [0.1, 0.15) is 5.82 Å². The highest BCUT2D eigenvalue weighted by molar-refractivity contribution is 5.74. The van der Waals surface area contributed by atoms with Gasteiger partial charge in [-0.2, -0.15) is 0 Å². The third kappa shape index (κ3) is 5.09. The highest BCUT2D eigenvalue weighted by Gasteiger charge is 2.17. The van der Waals surface area contributed by atoms with Crippen LogP contribution in [0.3, 0.4) is 0 Å². The Kier molecular flexibility index (Phi) is 7.52. The first kappa shape index (κ1) is 23.8. The van der Waals surface area contributed by atoms with Gasteiger partial charge in [0, 0.05) is 11.1 Å². The summed E-state index contributed by atoms with van der Waals surface area (Å²) in [4.78, 5) is 0. The molecule has 0 radical (unpaired) electrons. The second-order valence-electron chi connectivity index (χ2n) is 8.76. The van der Waals surface area contributed by atoms with Crippen LogP contribution in [-0.2, 0) is 6.42 Å². The monoisotopic (exact) mass is 458 g/mol. The zero-order valence-electron chi connectivity index (χ0n) is 19.5. The Labute approximate surface area is 200 Å². The van der Waals surface area contributed by atoms with E-state index in [4.69, 9.17) is 0 Å². The molecule has 0 bridgehead atoms. The molecule has 1 unspecified atom stereocenters. The first-order chi connectivity index (χ1) is 16.5. The van der Waals surface area contributed by atoms with Gasteiger partial charge in [-0.15, -0.1) is 6.58 Å². The molecule has 1 atom stereocenters. The molecular formula is C31H29F3. The molecule has 3 heteroatoms. The van der Waals surface area contributed by atoms with Gasteiger partial charge in [0.25, 0.3) is 0 Å². The summed E-state index contributed by atoms with van der Waals surface area (Å²) in [5, 5.41) is 0. The molecular weight excluding hydrogens is 429 g/mol. The minimum Gasteiger partial charge on any atom is -0.206 e. The predicted octanol–water partition coefficient (Wildman–Crippen LogP) is 9.32. The van der Waals surface area contributed by atoms with Gasteiger partial charge < -0.3 is 0 Å². The summed E-state index contributed by atoms with van der Waals surface area (Å²) in [5.41, 5.74) is 4.40. The fourth-order valence-electron chi connectivity index (χ4n) is 4.46. The summed E-state index contributed by atoms with van der Waals surface area (Å²) < 4.78 is 44.2. The average Bonchev–Trinajstić information content (AvgIpc) is 2.87. The Balaban J connectivity index is 1.55. The van der Waals surface area contributed by atoms with Crippen molar-refractivity contribution in [2.45, 2.75) is 39.0 Å². The molecule has 3 aromatic rings. The molecule has 1 aliphatic carbocycles. The lowest BCUT2D eigenvalue weighted by Gasteiger charge is -2.19. The van der Waals surface area contributed by atoms with E-state index in [1.54, 1.807) is 30.3 Å². The Morgan fingerprint density at radius 2 is 1.56 bits per heavy atom. The van der Waals surface area contributed by atoms with Gasteiger partial charge in [0.15, 0.2) is 11.6 Å². The van der Waals surface area contributed by atoms with E-state index in [9.17, 15) is 13.2 Å². The predicted molar refractivity (Wildman–Crippen MR) is 136 cm³/mol. The van der Waals surface area contributed by atoms with Crippen molar-refractivity contribution < 1.29 is 13.2 Å². The summed E-state index contributed by atoms with van der Waals surface area (Å²) in [5.74, 6) is -1.43.